The molecule has 6 heteroatoms. The second kappa shape index (κ2) is 6.21. The Labute approximate surface area is 123 Å². The first-order chi connectivity index (χ1) is 10.0. The number of anilines is 3. The largest absolute Gasteiger partial charge is 0.373 e. The second-order valence-corrected chi connectivity index (χ2v) is 4.66. The van der Waals surface area contributed by atoms with Crippen LogP contribution in [0.25, 0.3) is 0 Å². The highest BCUT2D eigenvalue weighted by Crippen LogP contribution is 2.29. The minimum Gasteiger partial charge on any atom is -0.373 e. The maximum absolute atomic E-state index is 11.1. The van der Waals surface area contributed by atoms with E-state index >= 15 is 0 Å². The van der Waals surface area contributed by atoms with E-state index in [0.717, 1.165) is 11.3 Å². The highest BCUT2D eigenvalue weighted by molar-refractivity contribution is 5.65. The Balaban J connectivity index is 2.51. The summed E-state index contributed by atoms with van der Waals surface area (Å²) in [5, 5.41) is 13.9. The second-order valence-electron chi connectivity index (χ2n) is 4.66. The summed E-state index contributed by atoms with van der Waals surface area (Å²) in [6.45, 7) is 4.67. The molecule has 0 saturated heterocycles. The number of nitrogens with zero attached hydrogens (tertiary/aromatic N) is 3. The summed E-state index contributed by atoms with van der Waals surface area (Å²) in [6.07, 6.45) is 0. The predicted molar refractivity (Wildman–Crippen MR) is 84.3 cm³/mol. The average Bonchev–Trinajstić information content (AvgIpc) is 2.47. The molecule has 6 nitrogen and oxygen atoms in total. The van der Waals surface area contributed by atoms with Gasteiger partial charge in [-0.15, -0.1) is 0 Å². The van der Waals surface area contributed by atoms with Crippen LogP contribution in [0.2, 0.25) is 0 Å². The van der Waals surface area contributed by atoms with Crippen molar-refractivity contribution in [1.29, 1.82) is 0 Å². The molecule has 1 aromatic carbocycles. The molecule has 0 aliphatic carbocycles. The zero-order chi connectivity index (χ0) is 15.4. The van der Waals surface area contributed by atoms with Gasteiger partial charge in [0, 0.05) is 19.3 Å². The fourth-order valence-electron chi connectivity index (χ4n) is 2.15. The van der Waals surface area contributed by atoms with Gasteiger partial charge < -0.3 is 10.2 Å². The molecule has 1 heterocycles. The highest BCUT2D eigenvalue weighted by Gasteiger charge is 2.16. The zero-order valence-corrected chi connectivity index (χ0v) is 12.3. The molecule has 0 spiro atoms. The minimum atomic E-state index is -0.407. The monoisotopic (exact) mass is 286 g/mol. The predicted octanol–water partition coefficient (Wildman–Crippen LogP) is 3.50. The molecule has 0 amide bonds. The number of pyridine rings is 1. The van der Waals surface area contributed by atoms with E-state index in [-0.39, 0.29) is 5.69 Å². The van der Waals surface area contributed by atoms with E-state index in [1.807, 2.05) is 43.0 Å². The lowest BCUT2D eigenvalue weighted by atomic mass is 10.2. The third kappa shape index (κ3) is 3.28. The summed E-state index contributed by atoms with van der Waals surface area (Å²) >= 11 is 0. The third-order valence-corrected chi connectivity index (χ3v) is 3.17. The van der Waals surface area contributed by atoms with Gasteiger partial charge in [-0.1, -0.05) is 12.1 Å². The molecule has 0 atom stereocenters. The van der Waals surface area contributed by atoms with Gasteiger partial charge in [-0.2, -0.15) is 0 Å². The lowest BCUT2D eigenvalue weighted by molar-refractivity contribution is -0.384. The minimum absolute atomic E-state index is 0.0236. The Hall–Kier alpha value is -2.63. The molecule has 2 aromatic rings. The highest BCUT2D eigenvalue weighted by atomic mass is 16.6. The van der Waals surface area contributed by atoms with Crippen molar-refractivity contribution in [1.82, 2.24) is 4.98 Å². The van der Waals surface area contributed by atoms with Gasteiger partial charge in [-0.3, -0.25) is 10.1 Å². The number of aryl methyl sites for hydroxylation is 1. The average molecular weight is 286 g/mol. The van der Waals surface area contributed by atoms with Crippen molar-refractivity contribution in [3.63, 3.8) is 0 Å². The van der Waals surface area contributed by atoms with Crippen LogP contribution in [0.5, 0.6) is 0 Å². The number of hydrogen-bond donors (Lipinski definition) is 1. The maximum atomic E-state index is 11.1. The number of nitrogens with one attached hydrogen (secondary N) is 1. The smallest absolute Gasteiger partial charge is 0.276 e. The lowest BCUT2D eigenvalue weighted by Gasteiger charge is -2.22. The molecule has 0 radical (unpaired) electrons. The van der Waals surface area contributed by atoms with E-state index in [9.17, 15) is 10.1 Å². The van der Waals surface area contributed by atoms with Crippen molar-refractivity contribution in [2.75, 3.05) is 23.8 Å². The van der Waals surface area contributed by atoms with E-state index in [0.29, 0.717) is 18.2 Å². The van der Waals surface area contributed by atoms with Crippen LogP contribution >= 0.6 is 0 Å². The Morgan fingerprint density at radius 2 is 2.10 bits per heavy atom. The summed E-state index contributed by atoms with van der Waals surface area (Å²) in [4.78, 5) is 17.0. The van der Waals surface area contributed by atoms with Gasteiger partial charge in [-0.05, 0) is 31.5 Å². The molecule has 0 unspecified atom stereocenters. The van der Waals surface area contributed by atoms with Crippen molar-refractivity contribution in [2.45, 2.75) is 13.8 Å². The van der Waals surface area contributed by atoms with Crippen molar-refractivity contribution < 1.29 is 4.92 Å². The van der Waals surface area contributed by atoms with Gasteiger partial charge in [0.25, 0.3) is 5.69 Å². The van der Waals surface area contributed by atoms with Gasteiger partial charge in [0.2, 0.25) is 0 Å². The van der Waals surface area contributed by atoms with Crippen molar-refractivity contribution in [2.24, 2.45) is 0 Å². The first-order valence-electron chi connectivity index (χ1n) is 6.73. The molecule has 0 aliphatic rings. The first-order valence-corrected chi connectivity index (χ1v) is 6.73. The topological polar surface area (TPSA) is 71.3 Å². The fraction of sp³-hybridized carbons (Fsp3) is 0.267. The van der Waals surface area contributed by atoms with Crippen LogP contribution < -0.4 is 10.2 Å². The van der Waals surface area contributed by atoms with Crippen molar-refractivity contribution in [3.05, 3.63) is 52.1 Å². The standard InChI is InChI=1S/C15H18N4O2/c1-4-18(12-7-5-6-11(2)8-12)15-10-13(19(20)21)9-14(16-3)17-15/h5-10H,4H2,1-3H3,(H,16,17). The van der Waals surface area contributed by atoms with E-state index < -0.39 is 4.92 Å². The summed E-state index contributed by atoms with van der Waals surface area (Å²) < 4.78 is 0. The van der Waals surface area contributed by atoms with Gasteiger partial charge in [-0.25, -0.2) is 4.98 Å². The van der Waals surface area contributed by atoms with Gasteiger partial charge in [0.15, 0.2) is 0 Å². The van der Waals surface area contributed by atoms with Gasteiger partial charge in [0.1, 0.15) is 11.6 Å². The van der Waals surface area contributed by atoms with Gasteiger partial charge >= 0.3 is 0 Å². The van der Waals surface area contributed by atoms with E-state index in [1.54, 1.807) is 7.05 Å². The molecule has 0 bridgehead atoms. The number of rotatable bonds is 5. The van der Waals surface area contributed by atoms with Crippen LogP contribution in [0.15, 0.2) is 36.4 Å². The molecule has 21 heavy (non-hydrogen) atoms. The molecule has 110 valence electrons. The maximum Gasteiger partial charge on any atom is 0.276 e. The van der Waals surface area contributed by atoms with Crippen LogP contribution in [-0.2, 0) is 0 Å². The Bertz CT molecular complexity index is 658. The SMILES string of the molecule is CCN(c1cccc(C)c1)c1cc([N+](=O)[O-])cc(NC)n1. The quantitative estimate of drug-likeness (QED) is 0.673. The van der Waals surface area contributed by atoms with E-state index in [4.69, 9.17) is 0 Å². The van der Waals surface area contributed by atoms with E-state index in [2.05, 4.69) is 10.3 Å². The number of aromatic nitrogens is 1. The molecule has 1 N–H and O–H groups in total. The van der Waals surface area contributed by atoms with E-state index in [1.165, 1.54) is 12.1 Å². The summed E-state index contributed by atoms with van der Waals surface area (Å²) in [5.74, 6) is 1.03. The number of nitro groups is 1. The molecular weight excluding hydrogens is 268 g/mol. The number of benzene rings is 1. The Morgan fingerprint density at radius 1 is 1.33 bits per heavy atom. The van der Waals surface area contributed by atoms with Crippen molar-refractivity contribution in [3.8, 4) is 0 Å². The molecule has 0 fully saturated rings. The molecule has 0 aliphatic heterocycles. The fourth-order valence-corrected chi connectivity index (χ4v) is 2.15. The van der Waals surface area contributed by atoms with Crippen LogP contribution in [0.3, 0.4) is 0 Å². The number of hydrogen-bond acceptors (Lipinski definition) is 5. The third-order valence-electron chi connectivity index (χ3n) is 3.17. The molecule has 0 saturated carbocycles. The molecule has 1 aromatic heterocycles. The molecular formula is C15H18N4O2. The molecule has 2 rings (SSSR count). The summed E-state index contributed by atoms with van der Waals surface area (Å²) in [6, 6.07) is 10.9. The first kappa shape index (κ1) is 14.8. The summed E-state index contributed by atoms with van der Waals surface area (Å²) in [7, 11) is 1.69. The van der Waals surface area contributed by atoms with Crippen LogP contribution in [0, 0.1) is 17.0 Å². The van der Waals surface area contributed by atoms with Gasteiger partial charge in [0.05, 0.1) is 17.1 Å². The van der Waals surface area contributed by atoms with Crippen LogP contribution in [0.4, 0.5) is 23.0 Å². The van der Waals surface area contributed by atoms with Crippen molar-refractivity contribution >= 4 is 23.0 Å². The van der Waals surface area contributed by atoms with Crippen LogP contribution in [0.1, 0.15) is 12.5 Å². The Morgan fingerprint density at radius 3 is 2.67 bits per heavy atom. The lowest BCUT2D eigenvalue weighted by Crippen LogP contribution is -2.18. The van der Waals surface area contributed by atoms with Crippen LogP contribution in [-0.4, -0.2) is 23.5 Å². The zero-order valence-electron chi connectivity index (χ0n) is 12.3. The normalized spacial score (nSPS) is 10.2. The summed E-state index contributed by atoms with van der Waals surface area (Å²) in [5.41, 5.74) is 2.12. The Kier molecular flexibility index (Phi) is 4.37.